The van der Waals surface area contributed by atoms with E-state index >= 15 is 0 Å². The highest BCUT2D eigenvalue weighted by Gasteiger charge is 2.26. The highest BCUT2D eigenvalue weighted by atomic mass is 79.9. The Hall–Kier alpha value is -1.54. The molecule has 0 spiro atoms. The molecule has 1 aromatic rings. The van der Waals surface area contributed by atoms with Gasteiger partial charge in [0, 0.05) is 17.6 Å². The molecular weight excluding hydrogens is 308 g/mol. The number of ether oxygens (including phenoxy) is 1. The number of benzene rings is 1. The van der Waals surface area contributed by atoms with Crippen LogP contribution in [0.2, 0.25) is 0 Å². The third-order valence-electron chi connectivity index (χ3n) is 3.47. The SMILES string of the molecule is COC(=O)C1CCN(c2cccc(Br)c2C#N)CC1. The van der Waals surface area contributed by atoms with Gasteiger partial charge in [-0.25, -0.2) is 0 Å². The molecular formula is C14H15BrN2O2. The third kappa shape index (κ3) is 2.90. The summed E-state index contributed by atoms with van der Waals surface area (Å²) in [6.07, 6.45) is 1.54. The lowest BCUT2D eigenvalue weighted by molar-refractivity contribution is -0.146. The molecule has 5 heteroatoms. The first-order valence-corrected chi connectivity index (χ1v) is 6.98. The zero-order chi connectivity index (χ0) is 13.8. The topological polar surface area (TPSA) is 53.3 Å². The van der Waals surface area contributed by atoms with Crippen molar-refractivity contribution in [3.05, 3.63) is 28.2 Å². The predicted octanol–water partition coefficient (Wildman–Crippen LogP) is 2.71. The smallest absolute Gasteiger partial charge is 0.308 e. The Morgan fingerprint density at radius 2 is 2.16 bits per heavy atom. The summed E-state index contributed by atoms with van der Waals surface area (Å²) < 4.78 is 5.59. The number of hydrogen-bond acceptors (Lipinski definition) is 4. The molecule has 0 unspecified atom stereocenters. The van der Waals surface area contributed by atoms with Gasteiger partial charge in [0.15, 0.2) is 0 Å². The van der Waals surface area contributed by atoms with Gasteiger partial charge in [-0.2, -0.15) is 5.26 Å². The van der Waals surface area contributed by atoms with E-state index in [1.807, 2.05) is 18.2 Å². The van der Waals surface area contributed by atoms with Crippen LogP contribution in [0.5, 0.6) is 0 Å². The van der Waals surface area contributed by atoms with Gasteiger partial charge in [0.25, 0.3) is 0 Å². The molecule has 1 saturated heterocycles. The van der Waals surface area contributed by atoms with E-state index in [0.717, 1.165) is 36.1 Å². The van der Waals surface area contributed by atoms with E-state index in [9.17, 15) is 10.1 Å². The second kappa shape index (κ2) is 6.07. The van der Waals surface area contributed by atoms with E-state index in [1.54, 1.807) is 0 Å². The molecule has 1 fully saturated rings. The lowest BCUT2D eigenvalue weighted by atomic mass is 9.96. The molecule has 0 radical (unpaired) electrons. The molecule has 0 aromatic heterocycles. The van der Waals surface area contributed by atoms with E-state index < -0.39 is 0 Å². The maximum atomic E-state index is 11.5. The monoisotopic (exact) mass is 322 g/mol. The third-order valence-corrected chi connectivity index (χ3v) is 4.13. The molecule has 2 rings (SSSR count). The molecule has 1 aromatic carbocycles. The average molecular weight is 323 g/mol. The van der Waals surface area contributed by atoms with Crippen LogP contribution in [0.25, 0.3) is 0 Å². The fourth-order valence-corrected chi connectivity index (χ4v) is 2.85. The Kier molecular flexibility index (Phi) is 4.43. The van der Waals surface area contributed by atoms with Crippen molar-refractivity contribution >= 4 is 27.6 Å². The van der Waals surface area contributed by atoms with E-state index in [2.05, 4.69) is 26.9 Å². The largest absolute Gasteiger partial charge is 0.469 e. The molecule has 1 aliphatic heterocycles. The van der Waals surface area contributed by atoms with Crippen LogP contribution >= 0.6 is 15.9 Å². The Morgan fingerprint density at radius 1 is 1.47 bits per heavy atom. The van der Waals surface area contributed by atoms with E-state index in [4.69, 9.17) is 4.74 Å². The molecule has 0 bridgehead atoms. The highest BCUT2D eigenvalue weighted by Crippen LogP contribution is 2.30. The number of hydrogen-bond donors (Lipinski definition) is 0. The molecule has 1 aliphatic rings. The van der Waals surface area contributed by atoms with Crippen molar-refractivity contribution in [2.75, 3.05) is 25.1 Å². The van der Waals surface area contributed by atoms with Gasteiger partial charge in [-0.15, -0.1) is 0 Å². The number of nitriles is 1. The Morgan fingerprint density at radius 3 is 2.74 bits per heavy atom. The minimum atomic E-state index is -0.130. The average Bonchev–Trinajstić information content (AvgIpc) is 2.46. The maximum Gasteiger partial charge on any atom is 0.308 e. The van der Waals surface area contributed by atoms with Gasteiger partial charge in [-0.3, -0.25) is 4.79 Å². The molecule has 1 heterocycles. The van der Waals surface area contributed by atoms with Crippen molar-refractivity contribution in [1.82, 2.24) is 0 Å². The number of anilines is 1. The minimum Gasteiger partial charge on any atom is -0.469 e. The van der Waals surface area contributed by atoms with Crippen molar-refractivity contribution in [2.24, 2.45) is 5.92 Å². The van der Waals surface area contributed by atoms with Crippen LogP contribution in [-0.2, 0) is 9.53 Å². The van der Waals surface area contributed by atoms with Crippen LogP contribution in [0, 0.1) is 17.2 Å². The summed E-state index contributed by atoms with van der Waals surface area (Å²) in [6.45, 7) is 1.54. The van der Waals surface area contributed by atoms with Gasteiger partial charge in [-0.05, 0) is 40.9 Å². The van der Waals surface area contributed by atoms with Crippen molar-refractivity contribution in [1.29, 1.82) is 5.26 Å². The van der Waals surface area contributed by atoms with Gasteiger partial charge < -0.3 is 9.64 Å². The van der Waals surface area contributed by atoms with Crippen LogP contribution in [-0.4, -0.2) is 26.2 Å². The Bertz CT molecular complexity index is 517. The van der Waals surface area contributed by atoms with Gasteiger partial charge in [0.2, 0.25) is 0 Å². The number of carbonyl (C=O) groups is 1. The van der Waals surface area contributed by atoms with Gasteiger partial charge in [0.1, 0.15) is 6.07 Å². The van der Waals surface area contributed by atoms with Crippen molar-refractivity contribution in [2.45, 2.75) is 12.8 Å². The normalized spacial score (nSPS) is 15.9. The van der Waals surface area contributed by atoms with E-state index in [0.29, 0.717) is 5.56 Å². The molecule has 0 amide bonds. The Balaban J connectivity index is 2.12. The summed E-state index contributed by atoms with van der Waals surface area (Å²) in [5.41, 5.74) is 1.58. The molecule has 0 N–H and O–H groups in total. The number of esters is 1. The lowest BCUT2D eigenvalue weighted by Crippen LogP contribution is -2.37. The lowest BCUT2D eigenvalue weighted by Gasteiger charge is -2.33. The number of halogens is 1. The fourth-order valence-electron chi connectivity index (χ4n) is 2.41. The molecule has 100 valence electrons. The molecule has 0 aliphatic carbocycles. The number of piperidine rings is 1. The Labute approximate surface area is 121 Å². The number of rotatable bonds is 2. The second-order valence-corrected chi connectivity index (χ2v) is 5.38. The number of nitrogens with zero attached hydrogens (tertiary/aromatic N) is 2. The van der Waals surface area contributed by atoms with Crippen LogP contribution in [0.15, 0.2) is 22.7 Å². The highest BCUT2D eigenvalue weighted by molar-refractivity contribution is 9.10. The first kappa shape index (κ1) is 13.9. The summed E-state index contributed by atoms with van der Waals surface area (Å²) in [7, 11) is 1.43. The summed E-state index contributed by atoms with van der Waals surface area (Å²) >= 11 is 3.40. The molecule has 4 nitrogen and oxygen atoms in total. The summed E-state index contributed by atoms with van der Waals surface area (Å²) in [6, 6.07) is 7.96. The van der Waals surface area contributed by atoms with Crippen molar-refractivity contribution < 1.29 is 9.53 Å². The van der Waals surface area contributed by atoms with Crippen LogP contribution in [0.1, 0.15) is 18.4 Å². The summed E-state index contributed by atoms with van der Waals surface area (Å²) in [4.78, 5) is 13.6. The standard InChI is InChI=1S/C14H15BrN2O2/c1-19-14(18)10-5-7-17(8-6-10)13-4-2-3-12(15)11(13)9-16/h2-4,10H,5-8H2,1H3. The quantitative estimate of drug-likeness (QED) is 0.785. The first-order chi connectivity index (χ1) is 9.17. The number of methoxy groups -OCH3 is 1. The van der Waals surface area contributed by atoms with E-state index in [-0.39, 0.29) is 11.9 Å². The van der Waals surface area contributed by atoms with Crippen molar-refractivity contribution in [3.8, 4) is 6.07 Å². The van der Waals surface area contributed by atoms with Crippen LogP contribution < -0.4 is 4.90 Å². The number of carbonyl (C=O) groups excluding carboxylic acids is 1. The van der Waals surface area contributed by atoms with Gasteiger partial charge in [-0.1, -0.05) is 6.07 Å². The van der Waals surface area contributed by atoms with Gasteiger partial charge >= 0.3 is 5.97 Å². The zero-order valence-electron chi connectivity index (χ0n) is 10.7. The molecule has 0 atom stereocenters. The summed E-state index contributed by atoms with van der Waals surface area (Å²) in [5.74, 6) is -0.145. The fraction of sp³-hybridized carbons (Fsp3) is 0.429. The molecule has 0 saturated carbocycles. The second-order valence-electron chi connectivity index (χ2n) is 4.53. The zero-order valence-corrected chi connectivity index (χ0v) is 12.3. The van der Waals surface area contributed by atoms with Crippen LogP contribution in [0.4, 0.5) is 5.69 Å². The first-order valence-electron chi connectivity index (χ1n) is 6.18. The predicted molar refractivity (Wildman–Crippen MR) is 75.8 cm³/mol. The molecule has 19 heavy (non-hydrogen) atoms. The van der Waals surface area contributed by atoms with Crippen molar-refractivity contribution in [3.63, 3.8) is 0 Å². The maximum absolute atomic E-state index is 11.5. The van der Waals surface area contributed by atoms with Gasteiger partial charge in [0.05, 0.1) is 24.3 Å². The van der Waals surface area contributed by atoms with E-state index in [1.165, 1.54) is 7.11 Å². The van der Waals surface area contributed by atoms with Crippen LogP contribution in [0.3, 0.4) is 0 Å². The minimum absolute atomic E-state index is 0.0149. The summed E-state index contributed by atoms with van der Waals surface area (Å²) in [5, 5.41) is 9.23.